The van der Waals surface area contributed by atoms with Gasteiger partial charge in [0.2, 0.25) is 11.1 Å². The highest BCUT2D eigenvalue weighted by atomic mass is 35.5. The van der Waals surface area contributed by atoms with Crippen LogP contribution in [0.3, 0.4) is 0 Å². The summed E-state index contributed by atoms with van der Waals surface area (Å²) in [6.45, 7) is 1.81. The van der Waals surface area contributed by atoms with Gasteiger partial charge < -0.3 is 11.2 Å². The van der Waals surface area contributed by atoms with Crippen molar-refractivity contribution >= 4 is 46.6 Å². The van der Waals surface area contributed by atoms with Crippen LogP contribution in [0.1, 0.15) is 12.6 Å². The van der Waals surface area contributed by atoms with E-state index < -0.39 is 0 Å². The van der Waals surface area contributed by atoms with Gasteiger partial charge in [-0.1, -0.05) is 41.6 Å². The van der Waals surface area contributed by atoms with Gasteiger partial charge in [-0.2, -0.15) is 5.10 Å². The maximum absolute atomic E-state index is 12.1. The van der Waals surface area contributed by atoms with Crippen LogP contribution in [0.5, 0.6) is 0 Å². The lowest BCUT2D eigenvalue weighted by Crippen LogP contribution is -2.17. The molecule has 3 aromatic rings. The second kappa shape index (κ2) is 9.20. The summed E-state index contributed by atoms with van der Waals surface area (Å²) in [5, 5.41) is 15.7. The molecule has 0 aliphatic carbocycles. The number of benzene rings is 1. The number of aromatic nitrogens is 4. The Hall–Kier alpha value is -3.11. The van der Waals surface area contributed by atoms with Crippen molar-refractivity contribution in [1.82, 2.24) is 19.9 Å². The van der Waals surface area contributed by atoms with Crippen LogP contribution in [0.25, 0.3) is 0 Å². The first-order chi connectivity index (χ1) is 13.5. The van der Waals surface area contributed by atoms with Gasteiger partial charge in [0, 0.05) is 6.20 Å². The van der Waals surface area contributed by atoms with Crippen LogP contribution >= 0.6 is 23.4 Å². The number of para-hydroxylation sites is 1. The van der Waals surface area contributed by atoms with Gasteiger partial charge in [-0.25, -0.2) is 10.1 Å². The van der Waals surface area contributed by atoms with Crippen LogP contribution in [-0.2, 0) is 4.79 Å². The number of nitrogens with zero attached hydrogens (tertiary/aromatic N) is 5. The molecule has 9 nitrogen and oxygen atoms in total. The van der Waals surface area contributed by atoms with Gasteiger partial charge in [0.15, 0.2) is 0 Å². The number of carbonyl (C=O) groups is 1. The number of anilines is 2. The van der Waals surface area contributed by atoms with E-state index in [9.17, 15) is 4.79 Å². The first-order valence-electron chi connectivity index (χ1n) is 8.14. The van der Waals surface area contributed by atoms with Crippen molar-refractivity contribution in [2.75, 3.05) is 22.3 Å². The van der Waals surface area contributed by atoms with E-state index in [2.05, 4.69) is 31.0 Å². The molecule has 0 fully saturated rings. The average Bonchev–Trinajstić information content (AvgIpc) is 3.06. The zero-order valence-corrected chi connectivity index (χ0v) is 16.4. The van der Waals surface area contributed by atoms with Gasteiger partial charge in [0.05, 0.1) is 27.9 Å². The van der Waals surface area contributed by atoms with Crippen molar-refractivity contribution in [1.29, 1.82) is 0 Å². The molecule has 3 rings (SSSR count). The maximum Gasteiger partial charge on any atom is 0.264 e. The summed E-state index contributed by atoms with van der Waals surface area (Å²) in [6.07, 6.45) is 1.68. The minimum Gasteiger partial charge on any atom is -0.334 e. The number of nitrogen functional groups attached to an aromatic ring is 1. The summed E-state index contributed by atoms with van der Waals surface area (Å²) in [4.78, 5) is 16.3. The quantitative estimate of drug-likeness (QED) is 0.234. The molecule has 0 saturated carbocycles. The lowest BCUT2D eigenvalue weighted by atomic mass is 10.3. The van der Waals surface area contributed by atoms with Crippen molar-refractivity contribution in [2.24, 2.45) is 5.10 Å². The second-order valence-corrected chi connectivity index (χ2v) is 6.87. The third kappa shape index (κ3) is 4.99. The van der Waals surface area contributed by atoms with Crippen molar-refractivity contribution in [3.63, 3.8) is 0 Å². The number of nitrogens with two attached hydrogens (primary N) is 1. The van der Waals surface area contributed by atoms with Crippen LogP contribution in [0.15, 0.2) is 58.9 Å². The highest BCUT2D eigenvalue weighted by Gasteiger charge is 2.13. The molecule has 1 amide bonds. The molecule has 0 aliphatic rings. The number of nitrogens with one attached hydrogen (secondary N) is 2. The Morgan fingerprint density at radius 2 is 2.04 bits per heavy atom. The SMILES string of the molecule is C/C(=N\Nc1nnc(SCC(=O)Nc2ccccc2Cl)n1N)c1ccccn1. The fraction of sp³-hybridized carbons (Fsp3) is 0.118. The van der Waals surface area contributed by atoms with Crippen LogP contribution in [0.4, 0.5) is 11.6 Å². The van der Waals surface area contributed by atoms with Crippen LogP contribution in [0.2, 0.25) is 5.02 Å². The summed E-state index contributed by atoms with van der Waals surface area (Å²) in [5.41, 5.74) is 4.68. The van der Waals surface area contributed by atoms with Crippen molar-refractivity contribution in [3.8, 4) is 0 Å². The highest BCUT2D eigenvalue weighted by molar-refractivity contribution is 7.99. The predicted molar refractivity (Wildman–Crippen MR) is 111 cm³/mol. The molecule has 0 atom stereocenters. The largest absolute Gasteiger partial charge is 0.334 e. The molecular weight excluding hydrogens is 400 g/mol. The zero-order valence-electron chi connectivity index (χ0n) is 14.8. The minimum atomic E-state index is -0.236. The molecule has 0 aliphatic heterocycles. The molecule has 2 aromatic heterocycles. The molecule has 0 bridgehead atoms. The number of thioether (sulfide) groups is 1. The zero-order chi connectivity index (χ0) is 19.9. The summed E-state index contributed by atoms with van der Waals surface area (Å²) in [7, 11) is 0. The fourth-order valence-corrected chi connectivity index (χ4v) is 2.94. The maximum atomic E-state index is 12.1. The Morgan fingerprint density at radius 1 is 1.25 bits per heavy atom. The van der Waals surface area contributed by atoms with Crippen LogP contribution in [0, 0.1) is 0 Å². The summed E-state index contributed by atoms with van der Waals surface area (Å²) < 4.78 is 1.22. The highest BCUT2D eigenvalue weighted by Crippen LogP contribution is 2.22. The van der Waals surface area contributed by atoms with Gasteiger partial charge in [-0.15, -0.1) is 10.2 Å². The average molecular weight is 417 g/mol. The van der Waals surface area contributed by atoms with Gasteiger partial charge in [0.1, 0.15) is 0 Å². The molecule has 0 spiro atoms. The van der Waals surface area contributed by atoms with Crippen LogP contribution < -0.4 is 16.6 Å². The topological polar surface area (TPSA) is 123 Å². The molecule has 144 valence electrons. The number of hydrazone groups is 1. The first-order valence-corrected chi connectivity index (χ1v) is 9.50. The van der Waals surface area contributed by atoms with E-state index >= 15 is 0 Å². The number of amides is 1. The monoisotopic (exact) mass is 416 g/mol. The van der Waals surface area contributed by atoms with E-state index in [0.717, 1.165) is 17.5 Å². The molecule has 4 N–H and O–H groups in total. The normalized spacial score (nSPS) is 11.3. The third-order valence-electron chi connectivity index (χ3n) is 3.50. The van der Waals surface area contributed by atoms with Gasteiger partial charge in [-0.3, -0.25) is 9.78 Å². The Kier molecular flexibility index (Phi) is 6.45. The van der Waals surface area contributed by atoms with E-state index in [1.807, 2.05) is 18.2 Å². The van der Waals surface area contributed by atoms with Crippen molar-refractivity contribution in [3.05, 3.63) is 59.4 Å². The molecule has 28 heavy (non-hydrogen) atoms. The molecule has 1 aromatic carbocycles. The number of rotatable bonds is 7. The lowest BCUT2D eigenvalue weighted by molar-refractivity contribution is -0.113. The van der Waals surface area contributed by atoms with Crippen molar-refractivity contribution < 1.29 is 4.79 Å². The number of hydrogen-bond acceptors (Lipinski definition) is 8. The number of hydrogen-bond donors (Lipinski definition) is 3. The smallest absolute Gasteiger partial charge is 0.264 e. The molecule has 0 radical (unpaired) electrons. The van der Waals surface area contributed by atoms with E-state index in [4.69, 9.17) is 17.4 Å². The molecule has 2 heterocycles. The molecule has 11 heteroatoms. The fourth-order valence-electron chi connectivity index (χ4n) is 2.10. The number of carbonyl (C=O) groups excluding carboxylic acids is 1. The predicted octanol–water partition coefficient (Wildman–Crippen LogP) is 2.61. The molecule has 0 saturated heterocycles. The lowest BCUT2D eigenvalue weighted by Gasteiger charge is -2.06. The first kappa shape index (κ1) is 19.6. The Bertz CT molecular complexity index is 992. The van der Waals surface area contributed by atoms with E-state index in [1.165, 1.54) is 4.68 Å². The van der Waals surface area contributed by atoms with Gasteiger partial charge >= 0.3 is 0 Å². The molecular formula is C17H17ClN8OS. The van der Waals surface area contributed by atoms with Gasteiger partial charge in [-0.05, 0) is 31.2 Å². The Balaban J connectivity index is 1.57. The summed E-state index contributed by atoms with van der Waals surface area (Å²) in [5.74, 6) is 6.06. The van der Waals surface area contributed by atoms with Gasteiger partial charge in [0.25, 0.3) is 5.95 Å². The second-order valence-electron chi connectivity index (χ2n) is 5.52. The Labute approximate surface area is 170 Å². The third-order valence-corrected chi connectivity index (χ3v) is 4.78. The number of halogens is 1. The standard InChI is InChI=1S/C17H17ClN8OS/c1-11(13-7-4-5-9-20-13)22-23-16-24-25-17(26(16)19)28-10-15(27)21-14-8-3-2-6-12(14)18/h2-9H,10,19H2,1H3,(H,21,27)(H,23,24)/b22-11+. The summed E-state index contributed by atoms with van der Waals surface area (Å²) >= 11 is 7.17. The van der Waals surface area contributed by atoms with E-state index in [0.29, 0.717) is 21.6 Å². The van der Waals surface area contributed by atoms with Crippen molar-refractivity contribution in [2.45, 2.75) is 12.1 Å². The van der Waals surface area contributed by atoms with E-state index in [-0.39, 0.29) is 17.6 Å². The van der Waals surface area contributed by atoms with Crippen LogP contribution in [-0.4, -0.2) is 37.2 Å². The molecule has 0 unspecified atom stereocenters. The number of pyridine rings is 1. The Morgan fingerprint density at radius 3 is 2.79 bits per heavy atom. The van der Waals surface area contributed by atoms with E-state index in [1.54, 1.807) is 37.4 Å². The minimum absolute atomic E-state index is 0.0940. The summed E-state index contributed by atoms with van der Waals surface area (Å²) in [6, 6.07) is 12.5.